The van der Waals surface area contributed by atoms with E-state index in [1.54, 1.807) is 18.2 Å². The first-order chi connectivity index (χ1) is 10.6. The molecule has 1 aromatic heterocycles. The van der Waals surface area contributed by atoms with Gasteiger partial charge in [0.2, 0.25) is 0 Å². The molecule has 0 bridgehead atoms. The molecule has 0 aliphatic carbocycles. The summed E-state index contributed by atoms with van der Waals surface area (Å²) in [6.45, 7) is 0.434. The van der Waals surface area contributed by atoms with Gasteiger partial charge in [0.15, 0.2) is 6.29 Å². The molecule has 0 aliphatic rings. The molecule has 112 valence electrons. The van der Waals surface area contributed by atoms with Crippen molar-refractivity contribution in [1.82, 2.24) is 4.57 Å². The Morgan fingerprint density at radius 3 is 2.50 bits per heavy atom. The van der Waals surface area contributed by atoms with Crippen molar-refractivity contribution in [1.29, 1.82) is 0 Å². The van der Waals surface area contributed by atoms with Crippen molar-refractivity contribution >= 4 is 40.4 Å². The van der Waals surface area contributed by atoms with Crippen LogP contribution < -0.4 is 0 Å². The fourth-order valence-electron chi connectivity index (χ4n) is 2.59. The zero-order valence-electron chi connectivity index (χ0n) is 11.6. The molecule has 2 aromatic carbocycles. The van der Waals surface area contributed by atoms with Crippen LogP contribution in [0.1, 0.15) is 21.5 Å². The number of hydrogen-bond acceptors (Lipinski definition) is 2. The second-order valence-electron chi connectivity index (χ2n) is 5.03. The van der Waals surface area contributed by atoms with E-state index in [-0.39, 0.29) is 6.61 Å². The van der Waals surface area contributed by atoms with Crippen molar-refractivity contribution in [3.05, 3.63) is 69.3 Å². The number of nitrogens with zero attached hydrogens (tertiary/aromatic N) is 1. The standard InChI is InChI=1S/C17H13Cl2NO2/c18-15-6-12(13(10-22)7-16(15)19)8-20-5-4-14-11(9-21)2-1-3-17(14)20/h1-7,9,22H,8,10H2. The van der Waals surface area contributed by atoms with E-state index in [9.17, 15) is 9.90 Å². The SMILES string of the molecule is O=Cc1cccc2c1ccn2Cc1cc(Cl)c(Cl)cc1CO. The first-order valence-electron chi connectivity index (χ1n) is 6.74. The Kier molecular flexibility index (Phi) is 4.21. The summed E-state index contributed by atoms with van der Waals surface area (Å²) < 4.78 is 2.01. The Morgan fingerprint density at radius 1 is 1.09 bits per heavy atom. The van der Waals surface area contributed by atoms with Gasteiger partial charge in [-0.2, -0.15) is 0 Å². The van der Waals surface area contributed by atoms with Gasteiger partial charge in [-0.15, -0.1) is 0 Å². The van der Waals surface area contributed by atoms with E-state index >= 15 is 0 Å². The summed E-state index contributed by atoms with van der Waals surface area (Å²) in [5.41, 5.74) is 3.25. The second-order valence-corrected chi connectivity index (χ2v) is 5.85. The highest BCUT2D eigenvalue weighted by atomic mass is 35.5. The molecule has 0 amide bonds. The van der Waals surface area contributed by atoms with E-state index in [4.69, 9.17) is 23.2 Å². The number of aliphatic hydroxyl groups is 1. The number of aldehydes is 1. The predicted molar refractivity (Wildman–Crippen MR) is 88.8 cm³/mol. The summed E-state index contributed by atoms with van der Waals surface area (Å²) >= 11 is 12.1. The second kappa shape index (κ2) is 6.13. The Labute approximate surface area is 137 Å². The van der Waals surface area contributed by atoms with E-state index in [1.807, 2.05) is 29.0 Å². The lowest BCUT2D eigenvalue weighted by Gasteiger charge is -2.12. The van der Waals surface area contributed by atoms with Gasteiger partial charge in [0.25, 0.3) is 0 Å². The summed E-state index contributed by atoms with van der Waals surface area (Å²) in [7, 11) is 0. The van der Waals surface area contributed by atoms with Gasteiger partial charge >= 0.3 is 0 Å². The van der Waals surface area contributed by atoms with Crippen molar-refractivity contribution < 1.29 is 9.90 Å². The van der Waals surface area contributed by atoms with Gasteiger partial charge in [0.05, 0.1) is 16.7 Å². The number of halogens is 2. The lowest BCUT2D eigenvalue weighted by molar-refractivity contribution is 0.112. The molecule has 1 heterocycles. The molecule has 5 heteroatoms. The number of aromatic nitrogens is 1. The van der Waals surface area contributed by atoms with Crippen LogP contribution in [-0.4, -0.2) is 16.0 Å². The smallest absolute Gasteiger partial charge is 0.150 e. The summed E-state index contributed by atoms with van der Waals surface area (Å²) in [5.74, 6) is 0. The van der Waals surface area contributed by atoms with E-state index in [0.717, 1.165) is 28.3 Å². The van der Waals surface area contributed by atoms with Gasteiger partial charge in [0.1, 0.15) is 0 Å². The van der Waals surface area contributed by atoms with Crippen molar-refractivity contribution in [2.75, 3.05) is 0 Å². The maximum atomic E-state index is 11.1. The van der Waals surface area contributed by atoms with Crippen LogP contribution in [0.5, 0.6) is 0 Å². The Balaban J connectivity index is 2.07. The van der Waals surface area contributed by atoms with Crippen LogP contribution in [-0.2, 0) is 13.2 Å². The van der Waals surface area contributed by atoms with Crippen molar-refractivity contribution in [3.63, 3.8) is 0 Å². The molecule has 3 rings (SSSR count). The largest absolute Gasteiger partial charge is 0.392 e. The van der Waals surface area contributed by atoms with E-state index in [0.29, 0.717) is 22.2 Å². The molecule has 0 saturated carbocycles. The zero-order chi connectivity index (χ0) is 15.7. The van der Waals surface area contributed by atoms with E-state index in [2.05, 4.69) is 0 Å². The van der Waals surface area contributed by atoms with Crippen LogP contribution in [0.15, 0.2) is 42.6 Å². The molecule has 3 aromatic rings. The molecule has 22 heavy (non-hydrogen) atoms. The first-order valence-corrected chi connectivity index (χ1v) is 7.50. The number of hydrogen-bond donors (Lipinski definition) is 1. The molecule has 1 N–H and O–H groups in total. The molecule has 3 nitrogen and oxygen atoms in total. The zero-order valence-corrected chi connectivity index (χ0v) is 13.1. The van der Waals surface area contributed by atoms with Gasteiger partial charge in [-0.25, -0.2) is 0 Å². The summed E-state index contributed by atoms with van der Waals surface area (Å²) in [6, 6.07) is 11.0. The molecule has 0 radical (unpaired) electrons. The predicted octanol–water partition coefficient (Wildman–Crippen LogP) is 4.30. The molecule has 0 fully saturated rings. The maximum absolute atomic E-state index is 11.1. The lowest BCUT2D eigenvalue weighted by atomic mass is 10.1. The molecule has 0 spiro atoms. The maximum Gasteiger partial charge on any atom is 0.150 e. The van der Waals surface area contributed by atoms with Crippen LogP contribution in [0.2, 0.25) is 10.0 Å². The molecule has 0 saturated heterocycles. The fourth-order valence-corrected chi connectivity index (χ4v) is 2.97. The van der Waals surface area contributed by atoms with Crippen molar-refractivity contribution in [2.24, 2.45) is 0 Å². The number of fused-ring (bicyclic) bond motifs is 1. The van der Waals surface area contributed by atoms with Crippen molar-refractivity contribution in [3.8, 4) is 0 Å². The van der Waals surface area contributed by atoms with Gasteiger partial charge in [0, 0.05) is 29.2 Å². The van der Waals surface area contributed by atoms with Crippen LogP contribution in [0.25, 0.3) is 10.9 Å². The topological polar surface area (TPSA) is 42.2 Å². The molecular formula is C17H13Cl2NO2. The quantitative estimate of drug-likeness (QED) is 0.723. The number of rotatable bonds is 4. The van der Waals surface area contributed by atoms with E-state index < -0.39 is 0 Å². The van der Waals surface area contributed by atoms with Gasteiger partial charge in [-0.3, -0.25) is 4.79 Å². The first kappa shape index (κ1) is 15.1. The van der Waals surface area contributed by atoms with Gasteiger partial charge in [-0.05, 0) is 35.4 Å². The van der Waals surface area contributed by atoms with Crippen LogP contribution in [0.3, 0.4) is 0 Å². The number of carbonyl (C=O) groups excluding carboxylic acids is 1. The Morgan fingerprint density at radius 2 is 1.82 bits per heavy atom. The number of aliphatic hydroxyl groups excluding tert-OH is 1. The van der Waals surface area contributed by atoms with E-state index in [1.165, 1.54) is 0 Å². The van der Waals surface area contributed by atoms with Gasteiger partial charge in [-0.1, -0.05) is 35.3 Å². The number of carbonyl (C=O) groups is 1. The lowest BCUT2D eigenvalue weighted by Crippen LogP contribution is -2.02. The minimum Gasteiger partial charge on any atom is -0.392 e. The summed E-state index contributed by atoms with van der Waals surface area (Å²) in [5, 5.41) is 11.3. The average molecular weight is 334 g/mol. The third-order valence-corrected chi connectivity index (χ3v) is 4.45. The van der Waals surface area contributed by atoms with Crippen LogP contribution in [0, 0.1) is 0 Å². The number of benzene rings is 2. The highest BCUT2D eigenvalue weighted by molar-refractivity contribution is 6.42. The highest BCUT2D eigenvalue weighted by Gasteiger charge is 2.10. The van der Waals surface area contributed by atoms with Crippen LogP contribution in [0.4, 0.5) is 0 Å². The molecule has 0 aliphatic heterocycles. The average Bonchev–Trinajstić information content (AvgIpc) is 2.93. The van der Waals surface area contributed by atoms with Gasteiger partial charge < -0.3 is 9.67 Å². The minimum absolute atomic E-state index is 0.106. The summed E-state index contributed by atoms with van der Waals surface area (Å²) in [6.07, 6.45) is 2.77. The molecular weight excluding hydrogens is 321 g/mol. The molecule has 0 unspecified atom stereocenters. The fraction of sp³-hybridized carbons (Fsp3) is 0.118. The third kappa shape index (κ3) is 2.63. The summed E-state index contributed by atoms with van der Waals surface area (Å²) in [4.78, 5) is 11.1. The normalized spacial score (nSPS) is 11.0. The monoisotopic (exact) mass is 333 g/mol. The Hall–Kier alpha value is -1.81. The van der Waals surface area contributed by atoms with Crippen LogP contribution >= 0.6 is 23.2 Å². The van der Waals surface area contributed by atoms with Crippen molar-refractivity contribution in [2.45, 2.75) is 13.2 Å². The minimum atomic E-state index is -0.106. The highest BCUT2D eigenvalue weighted by Crippen LogP contribution is 2.28. The molecule has 0 atom stereocenters. The Bertz CT molecular complexity index is 855. The third-order valence-electron chi connectivity index (χ3n) is 3.73.